The Kier molecular flexibility index (Phi) is 10.0. The van der Waals surface area contributed by atoms with Gasteiger partial charge in [0.05, 0.1) is 10.0 Å². The summed E-state index contributed by atoms with van der Waals surface area (Å²) in [6, 6.07) is 24.5. The Morgan fingerprint density at radius 2 is 1.10 bits per heavy atom. The van der Waals surface area contributed by atoms with Gasteiger partial charge in [0.15, 0.2) is 11.3 Å². The second-order valence-electron chi connectivity index (χ2n) is 13.0. The van der Waals surface area contributed by atoms with Crippen molar-refractivity contribution in [2.24, 2.45) is 0 Å². The summed E-state index contributed by atoms with van der Waals surface area (Å²) < 4.78 is 4.55. The molecule has 2 aliphatic rings. The van der Waals surface area contributed by atoms with Crippen molar-refractivity contribution in [2.45, 2.75) is 58.4 Å². The number of nitrogens with one attached hydrogen (secondary N) is 1. The third kappa shape index (κ3) is 6.98. The van der Waals surface area contributed by atoms with Crippen molar-refractivity contribution < 1.29 is 5.02 Å². The average molecular weight is 696 g/mol. The molecule has 2 aliphatic heterocycles. The molecule has 49 heavy (non-hydrogen) atoms. The first-order valence-electron chi connectivity index (χ1n) is 17.1. The number of halogens is 2. The molecule has 0 unspecified atom stereocenters. The Morgan fingerprint density at radius 1 is 0.653 bits per heavy atom. The minimum atomic E-state index is -0.404. The number of nitrogens with zero attached hydrogens (tertiary/aromatic N) is 7. The van der Waals surface area contributed by atoms with Gasteiger partial charge in [0.2, 0.25) is 0 Å². The monoisotopic (exact) mass is 694 g/mol. The predicted molar refractivity (Wildman–Crippen MR) is 200 cm³/mol. The molecule has 2 aromatic carbocycles. The first-order chi connectivity index (χ1) is 23.8. The van der Waals surface area contributed by atoms with E-state index in [4.69, 9.17) is 43.1 Å². The van der Waals surface area contributed by atoms with Crippen molar-refractivity contribution in [3.05, 3.63) is 94.2 Å². The molecule has 9 nitrogen and oxygen atoms in total. The fourth-order valence-corrected chi connectivity index (χ4v) is 7.52. The van der Waals surface area contributed by atoms with E-state index in [-0.39, 0.29) is 6.04 Å². The summed E-state index contributed by atoms with van der Waals surface area (Å²) in [6.45, 7) is 9.62. The third-order valence-corrected chi connectivity index (χ3v) is 10.3. The molecular formula is C37H41BCl2N8O. The first kappa shape index (κ1) is 33.7. The summed E-state index contributed by atoms with van der Waals surface area (Å²) in [7, 11) is -0.404. The number of aromatic nitrogens is 6. The molecule has 0 saturated carbocycles. The number of hydrogen-bond donors (Lipinski definition) is 2. The maximum absolute atomic E-state index is 9.85. The fourth-order valence-electron chi connectivity index (χ4n) is 7.08. The normalized spacial score (nSPS) is 16.2. The van der Waals surface area contributed by atoms with Crippen LogP contribution in [-0.2, 0) is 0 Å². The van der Waals surface area contributed by atoms with Crippen LogP contribution >= 0.6 is 23.2 Å². The molecule has 12 heteroatoms. The number of benzene rings is 2. The molecule has 0 spiro atoms. The summed E-state index contributed by atoms with van der Waals surface area (Å²) in [5.74, 6) is 1.80. The van der Waals surface area contributed by atoms with Crippen molar-refractivity contribution in [3.63, 3.8) is 0 Å². The lowest BCUT2D eigenvalue weighted by atomic mass is 9.82. The van der Waals surface area contributed by atoms with Crippen molar-refractivity contribution in [3.8, 4) is 22.8 Å². The summed E-state index contributed by atoms with van der Waals surface area (Å²) >= 11 is 12.9. The van der Waals surface area contributed by atoms with E-state index in [1.165, 1.54) is 0 Å². The smallest absolute Gasteiger partial charge is 0.376 e. The number of piperidine rings is 2. The highest BCUT2D eigenvalue weighted by Gasteiger charge is 2.29. The van der Waals surface area contributed by atoms with Crippen molar-refractivity contribution in [1.82, 2.24) is 39.2 Å². The minimum Gasteiger partial charge on any atom is -0.437 e. The molecule has 0 radical (unpaired) electrons. The fraction of sp³-hybridized carbons (Fsp3) is 0.351. The number of aryl methyl sites for hydroxylation is 2. The maximum Gasteiger partial charge on any atom is 0.376 e. The van der Waals surface area contributed by atoms with Gasteiger partial charge in [-0.2, -0.15) is 0 Å². The van der Waals surface area contributed by atoms with Gasteiger partial charge in [-0.15, -0.1) is 0 Å². The van der Waals surface area contributed by atoms with Crippen LogP contribution < -0.4 is 5.32 Å². The van der Waals surface area contributed by atoms with Crippen LogP contribution in [0.3, 0.4) is 0 Å². The first-order valence-corrected chi connectivity index (χ1v) is 17.9. The molecule has 6 aromatic rings. The van der Waals surface area contributed by atoms with Crippen LogP contribution in [0.4, 0.5) is 0 Å². The van der Waals surface area contributed by atoms with Crippen LogP contribution in [0.15, 0.2) is 72.8 Å². The zero-order valence-electron chi connectivity index (χ0n) is 28.2. The summed E-state index contributed by atoms with van der Waals surface area (Å²) in [4.78, 5) is 21.4. The molecule has 2 saturated heterocycles. The van der Waals surface area contributed by atoms with Gasteiger partial charge in [-0.25, -0.2) is 19.9 Å². The summed E-state index contributed by atoms with van der Waals surface area (Å²) in [5, 5.41) is 14.7. The SMILES string of the molecule is CB(O)N1CCC(n2c(-c3ccccc3Cl)nc3ccc(C)nc32)CC1.Cc1ccc2nc(-c3ccccc3Cl)n(C3CCNCC3)c2n1. The zero-order valence-corrected chi connectivity index (χ0v) is 29.7. The highest BCUT2D eigenvalue weighted by Crippen LogP contribution is 2.36. The molecule has 2 N–H and O–H groups in total. The second kappa shape index (κ2) is 14.6. The second-order valence-corrected chi connectivity index (χ2v) is 13.9. The van der Waals surface area contributed by atoms with Crippen LogP contribution in [0, 0.1) is 13.8 Å². The molecule has 0 aliphatic carbocycles. The molecule has 0 amide bonds. The number of pyridine rings is 2. The van der Waals surface area contributed by atoms with Gasteiger partial charge in [-0.3, -0.25) is 0 Å². The van der Waals surface area contributed by atoms with Crippen molar-refractivity contribution in [2.75, 3.05) is 26.2 Å². The van der Waals surface area contributed by atoms with Gasteiger partial charge >= 0.3 is 7.05 Å². The number of hydrogen-bond acceptors (Lipinski definition) is 7. The van der Waals surface area contributed by atoms with E-state index in [1.807, 2.05) is 87.4 Å². The van der Waals surface area contributed by atoms with Crippen LogP contribution in [-0.4, -0.2) is 72.1 Å². The predicted octanol–water partition coefficient (Wildman–Crippen LogP) is 7.79. The van der Waals surface area contributed by atoms with Crippen LogP contribution in [0.5, 0.6) is 0 Å². The summed E-state index contributed by atoms with van der Waals surface area (Å²) in [6.07, 6.45) is 4.06. The molecule has 0 atom stereocenters. The van der Waals surface area contributed by atoms with Crippen molar-refractivity contribution in [1.29, 1.82) is 0 Å². The molecule has 0 bridgehead atoms. The van der Waals surface area contributed by atoms with E-state index in [9.17, 15) is 5.02 Å². The van der Waals surface area contributed by atoms with Crippen LogP contribution in [0.25, 0.3) is 45.1 Å². The largest absolute Gasteiger partial charge is 0.437 e. The minimum absolute atomic E-state index is 0.288. The van der Waals surface area contributed by atoms with Crippen LogP contribution in [0.2, 0.25) is 16.9 Å². The lowest BCUT2D eigenvalue weighted by molar-refractivity contribution is 0.255. The standard InChI is InChI=1S/C19H22BClN4O.C18H19ClN4/c1-13-7-8-17-19(22-13)25(14-9-11-24(12-10-14)20(2)26)18(23-17)15-5-3-4-6-16(15)21;1-12-6-7-16-18(21-12)23(13-8-10-20-11-9-13)17(22-16)14-4-2-3-5-15(14)19/h3-8,14,26H,9-12H2,1-2H3;2-7,13,20H,8-11H2,1H3. The Labute approximate surface area is 297 Å². The Bertz CT molecular complexity index is 2080. The van der Waals surface area contributed by atoms with Gasteiger partial charge in [0.1, 0.15) is 22.7 Å². The Morgan fingerprint density at radius 3 is 1.55 bits per heavy atom. The number of fused-ring (bicyclic) bond motifs is 2. The van der Waals surface area contributed by atoms with Gasteiger partial charge in [-0.05, 0) is 121 Å². The van der Waals surface area contributed by atoms with Gasteiger partial charge in [0.25, 0.3) is 0 Å². The van der Waals surface area contributed by atoms with Crippen LogP contribution in [0.1, 0.15) is 49.2 Å². The van der Waals surface area contributed by atoms with E-state index in [0.29, 0.717) is 11.1 Å². The van der Waals surface area contributed by atoms with Gasteiger partial charge in [-0.1, -0.05) is 47.5 Å². The molecule has 2 fully saturated rings. The van der Waals surface area contributed by atoms with E-state index >= 15 is 0 Å². The quantitative estimate of drug-likeness (QED) is 0.178. The number of imidazole rings is 2. The average Bonchev–Trinajstić information content (AvgIpc) is 3.67. The Balaban J connectivity index is 0.000000155. The van der Waals surface area contributed by atoms with Gasteiger partial charge in [0, 0.05) is 34.6 Å². The van der Waals surface area contributed by atoms with E-state index in [1.54, 1.807) is 0 Å². The van der Waals surface area contributed by atoms with E-state index < -0.39 is 7.05 Å². The number of rotatable bonds is 5. The Hall–Kier alpha value is -3.80. The summed E-state index contributed by atoms with van der Waals surface area (Å²) in [5.41, 5.74) is 7.60. The van der Waals surface area contributed by atoms with Gasteiger partial charge < -0.3 is 24.3 Å². The van der Waals surface area contributed by atoms with E-state index in [2.05, 4.69) is 25.3 Å². The van der Waals surface area contributed by atoms with E-state index in [0.717, 1.165) is 113 Å². The third-order valence-electron chi connectivity index (χ3n) is 9.65. The topological polar surface area (TPSA) is 96.9 Å². The van der Waals surface area contributed by atoms with Crippen molar-refractivity contribution >= 4 is 52.6 Å². The maximum atomic E-state index is 9.85. The molecular weight excluding hydrogens is 654 g/mol. The highest BCUT2D eigenvalue weighted by molar-refractivity contribution is 6.45. The molecule has 252 valence electrons. The molecule has 8 rings (SSSR count). The zero-order chi connectivity index (χ0) is 34.1. The lowest BCUT2D eigenvalue weighted by Crippen LogP contribution is -2.43. The molecule has 6 heterocycles. The lowest BCUT2D eigenvalue weighted by Gasteiger charge is -2.34. The molecule has 4 aromatic heterocycles. The highest BCUT2D eigenvalue weighted by atomic mass is 35.5.